The maximum Gasteiger partial charge on any atom is 0.0644 e. The standard InChI is InChI=1S/C42H40N4.C7H8.C2H6/c1-32-14-9-10-20-41(32)42-28-35(22-21-33(42)2)36-26-37(45-25-11-4-3-6-15-34-16-12-23-43-30-34)29-40(27-36)46(38-17-7-5-8-18-38)39-19-13-24-44-31-39;1-7-5-3-2-4-6-7;1-2/h3-4,6-7,9-19,21-31,41,45H,5,8,20H2,1-2H3;2-6H,1H3;1-2H3/b4-3-,15-6-,25-11+;;. The summed E-state index contributed by atoms with van der Waals surface area (Å²) in [6.45, 7) is 10.6. The summed E-state index contributed by atoms with van der Waals surface area (Å²) in [7, 11) is 0. The van der Waals surface area contributed by atoms with Crippen LogP contribution in [-0.4, -0.2) is 9.97 Å². The fraction of sp³-hybridized carbons (Fsp3) is 0.176. The molecule has 0 saturated carbocycles. The molecule has 0 radical (unpaired) electrons. The molecule has 1 unspecified atom stereocenters. The molecule has 2 aliphatic rings. The molecule has 278 valence electrons. The Morgan fingerprint density at radius 3 is 2.20 bits per heavy atom. The highest BCUT2D eigenvalue weighted by Gasteiger charge is 2.19. The van der Waals surface area contributed by atoms with Gasteiger partial charge in [0.05, 0.1) is 11.9 Å². The zero-order chi connectivity index (χ0) is 38.7. The minimum atomic E-state index is 0.400. The van der Waals surface area contributed by atoms with Crippen molar-refractivity contribution >= 4 is 23.1 Å². The monoisotopic (exact) mass is 722 g/mol. The maximum absolute atomic E-state index is 4.47. The van der Waals surface area contributed by atoms with Crippen LogP contribution < -0.4 is 10.2 Å². The molecule has 4 nitrogen and oxygen atoms in total. The SMILES string of the molecule is CC.CC1=CC=CCC1c1cc(-c2cc(N/C=C/C=C\C=C/c3cccnc3)cc(N(C3=CCCC=C3)c3cccnc3)c2)ccc1C.Cc1ccccc1. The molecule has 3 aromatic carbocycles. The number of aryl methyl sites for hydroxylation is 2. The quantitative estimate of drug-likeness (QED) is 0.146. The van der Waals surface area contributed by atoms with Crippen LogP contribution in [0.1, 0.15) is 68.2 Å². The van der Waals surface area contributed by atoms with E-state index < -0.39 is 0 Å². The van der Waals surface area contributed by atoms with E-state index in [2.05, 4.69) is 132 Å². The van der Waals surface area contributed by atoms with Crippen LogP contribution in [0.4, 0.5) is 17.1 Å². The lowest BCUT2D eigenvalue weighted by Gasteiger charge is -2.28. The molecular weight excluding hydrogens is 669 g/mol. The van der Waals surface area contributed by atoms with E-state index >= 15 is 0 Å². The van der Waals surface area contributed by atoms with Gasteiger partial charge in [0, 0.05) is 47.8 Å². The number of anilines is 3. The van der Waals surface area contributed by atoms with E-state index in [-0.39, 0.29) is 0 Å². The predicted molar refractivity (Wildman–Crippen MR) is 237 cm³/mol. The number of nitrogens with one attached hydrogen (secondary N) is 1. The molecule has 0 aliphatic heterocycles. The van der Waals surface area contributed by atoms with Crippen molar-refractivity contribution in [3.05, 3.63) is 216 Å². The van der Waals surface area contributed by atoms with E-state index in [1.54, 1.807) is 6.20 Å². The average molecular weight is 723 g/mol. The summed E-state index contributed by atoms with van der Waals surface area (Å²) < 4.78 is 0. The molecular formula is C51H54N4. The first kappa shape index (κ1) is 39.9. The number of pyridine rings is 2. The lowest BCUT2D eigenvalue weighted by molar-refractivity contribution is 0.791. The normalized spacial score (nSPS) is 14.8. The number of rotatable bonds is 10. The van der Waals surface area contributed by atoms with Gasteiger partial charge in [0.1, 0.15) is 0 Å². The lowest BCUT2D eigenvalue weighted by atomic mass is 9.83. The van der Waals surface area contributed by atoms with Gasteiger partial charge in [-0.25, -0.2) is 0 Å². The van der Waals surface area contributed by atoms with Gasteiger partial charge in [-0.05, 0) is 116 Å². The first-order valence-electron chi connectivity index (χ1n) is 19.4. The number of hydrogen-bond acceptors (Lipinski definition) is 4. The maximum atomic E-state index is 4.47. The highest BCUT2D eigenvalue weighted by Crippen LogP contribution is 2.39. The van der Waals surface area contributed by atoms with E-state index in [0.29, 0.717) is 5.92 Å². The second kappa shape index (κ2) is 21.4. The van der Waals surface area contributed by atoms with Crippen molar-refractivity contribution in [2.45, 2.75) is 59.8 Å². The number of benzene rings is 3. The molecule has 0 amide bonds. The van der Waals surface area contributed by atoms with Gasteiger partial charge in [0.25, 0.3) is 0 Å². The van der Waals surface area contributed by atoms with Crippen LogP contribution in [0.3, 0.4) is 0 Å². The van der Waals surface area contributed by atoms with Crippen molar-refractivity contribution in [1.29, 1.82) is 0 Å². The molecule has 1 atom stereocenters. The van der Waals surface area contributed by atoms with Crippen molar-refractivity contribution in [2.24, 2.45) is 0 Å². The summed E-state index contributed by atoms with van der Waals surface area (Å²) in [5, 5.41) is 3.55. The number of hydrogen-bond donors (Lipinski definition) is 1. The van der Waals surface area contributed by atoms with Crippen LogP contribution in [0.5, 0.6) is 0 Å². The van der Waals surface area contributed by atoms with Crippen LogP contribution in [0.2, 0.25) is 0 Å². The van der Waals surface area contributed by atoms with Gasteiger partial charge in [-0.2, -0.15) is 0 Å². The van der Waals surface area contributed by atoms with Gasteiger partial charge in [-0.15, -0.1) is 0 Å². The minimum Gasteiger partial charge on any atom is -0.362 e. The summed E-state index contributed by atoms with van der Waals surface area (Å²) in [4.78, 5) is 10.9. The van der Waals surface area contributed by atoms with Crippen molar-refractivity contribution in [3.8, 4) is 11.1 Å². The Balaban J connectivity index is 0.000000573. The third kappa shape index (κ3) is 11.9. The lowest BCUT2D eigenvalue weighted by Crippen LogP contribution is -2.16. The highest BCUT2D eigenvalue weighted by atomic mass is 15.2. The van der Waals surface area contributed by atoms with Gasteiger partial charge in [0.15, 0.2) is 0 Å². The highest BCUT2D eigenvalue weighted by molar-refractivity contribution is 5.80. The van der Waals surface area contributed by atoms with Crippen molar-refractivity contribution in [2.75, 3.05) is 10.2 Å². The van der Waals surface area contributed by atoms with E-state index in [0.717, 1.165) is 53.1 Å². The number of nitrogens with zero attached hydrogens (tertiary/aromatic N) is 3. The fourth-order valence-electron chi connectivity index (χ4n) is 6.50. The Hall–Kier alpha value is -6.26. The predicted octanol–water partition coefficient (Wildman–Crippen LogP) is 14.0. The molecule has 0 saturated heterocycles. The zero-order valence-corrected chi connectivity index (χ0v) is 32.9. The Morgan fingerprint density at radius 2 is 1.51 bits per heavy atom. The molecule has 5 aromatic rings. The van der Waals surface area contributed by atoms with E-state index in [9.17, 15) is 0 Å². The molecule has 7 rings (SSSR count). The van der Waals surface area contributed by atoms with E-state index in [1.165, 1.54) is 27.8 Å². The Morgan fingerprint density at radius 1 is 0.709 bits per heavy atom. The summed E-state index contributed by atoms with van der Waals surface area (Å²) in [6.07, 6.45) is 36.1. The van der Waals surface area contributed by atoms with E-state index in [1.807, 2.05) is 105 Å². The van der Waals surface area contributed by atoms with Gasteiger partial charge < -0.3 is 10.2 Å². The summed E-state index contributed by atoms with van der Waals surface area (Å²) in [5.74, 6) is 0.400. The topological polar surface area (TPSA) is 41.1 Å². The van der Waals surface area contributed by atoms with Crippen LogP contribution in [0.25, 0.3) is 17.2 Å². The second-order valence-electron chi connectivity index (χ2n) is 13.3. The molecule has 0 spiro atoms. The van der Waals surface area contributed by atoms with Crippen molar-refractivity contribution in [3.63, 3.8) is 0 Å². The van der Waals surface area contributed by atoms with Crippen LogP contribution in [0.15, 0.2) is 194 Å². The second-order valence-corrected chi connectivity index (χ2v) is 13.3. The molecule has 4 heteroatoms. The largest absolute Gasteiger partial charge is 0.362 e. The fourth-order valence-corrected chi connectivity index (χ4v) is 6.50. The summed E-state index contributed by atoms with van der Waals surface area (Å²) >= 11 is 0. The Kier molecular flexibility index (Phi) is 15.6. The first-order chi connectivity index (χ1) is 27.0. The van der Waals surface area contributed by atoms with Crippen molar-refractivity contribution in [1.82, 2.24) is 9.97 Å². The van der Waals surface area contributed by atoms with Gasteiger partial charge in [-0.3, -0.25) is 9.97 Å². The smallest absolute Gasteiger partial charge is 0.0644 e. The minimum absolute atomic E-state index is 0.400. The van der Waals surface area contributed by atoms with Crippen molar-refractivity contribution < 1.29 is 0 Å². The molecule has 1 N–H and O–H groups in total. The third-order valence-corrected chi connectivity index (χ3v) is 9.31. The molecule has 2 heterocycles. The number of allylic oxidation sites excluding steroid dienone is 11. The van der Waals surface area contributed by atoms with Crippen LogP contribution in [0, 0.1) is 13.8 Å². The molecule has 0 bridgehead atoms. The van der Waals surface area contributed by atoms with Gasteiger partial charge >= 0.3 is 0 Å². The molecule has 2 aromatic heterocycles. The number of aromatic nitrogens is 2. The zero-order valence-electron chi connectivity index (χ0n) is 32.9. The summed E-state index contributed by atoms with van der Waals surface area (Å²) in [6, 6.07) is 32.0. The first-order valence-corrected chi connectivity index (χ1v) is 19.4. The van der Waals surface area contributed by atoms with Gasteiger partial charge in [-0.1, -0.05) is 134 Å². The molecule has 2 aliphatic carbocycles. The van der Waals surface area contributed by atoms with Gasteiger partial charge in [0.2, 0.25) is 0 Å². The van der Waals surface area contributed by atoms with Crippen LogP contribution >= 0.6 is 0 Å². The third-order valence-electron chi connectivity index (χ3n) is 9.31. The molecule has 55 heavy (non-hydrogen) atoms. The van der Waals surface area contributed by atoms with Crippen LogP contribution in [-0.2, 0) is 0 Å². The average Bonchev–Trinajstić information content (AvgIpc) is 3.23. The Labute approximate surface area is 329 Å². The van der Waals surface area contributed by atoms with E-state index in [4.69, 9.17) is 0 Å². The molecule has 0 fully saturated rings. The summed E-state index contributed by atoms with van der Waals surface area (Å²) in [5.41, 5.74) is 13.2. The Bertz CT molecular complexity index is 2150.